The molecule has 0 radical (unpaired) electrons. The Morgan fingerprint density at radius 1 is 1.13 bits per heavy atom. The molecule has 1 amide bonds. The van der Waals surface area contributed by atoms with Crippen molar-refractivity contribution < 1.29 is 4.79 Å². The van der Waals surface area contributed by atoms with Crippen LogP contribution in [0.1, 0.15) is 44.7 Å². The molecule has 1 aromatic carbocycles. The lowest BCUT2D eigenvalue weighted by atomic mass is 9.82. The zero-order valence-corrected chi connectivity index (χ0v) is 14.8. The Morgan fingerprint density at radius 2 is 1.70 bits per heavy atom. The van der Waals surface area contributed by atoms with Gasteiger partial charge in [0.2, 0.25) is 5.91 Å². The van der Waals surface area contributed by atoms with Crippen LogP contribution in [-0.2, 0) is 16.6 Å². The van der Waals surface area contributed by atoms with Crippen molar-refractivity contribution in [2.45, 2.75) is 45.4 Å². The normalized spacial score (nSPS) is 25.1. The van der Waals surface area contributed by atoms with E-state index in [4.69, 9.17) is 0 Å². The van der Waals surface area contributed by atoms with E-state index in [9.17, 15) is 4.79 Å². The van der Waals surface area contributed by atoms with Gasteiger partial charge in [-0.3, -0.25) is 4.79 Å². The van der Waals surface area contributed by atoms with Gasteiger partial charge in [-0.1, -0.05) is 31.2 Å². The highest BCUT2D eigenvalue weighted by molar-refractivity contribution is 5.87. The summed E-state index contributed by atoms with van der Waals surface area (Å²) in [4.78, 5) is 15.3. The molecule has 1 aromatic rings. The number of carbonyl (C=O) groups excluding carboxylic acids is 1. The maximum absolute atomic E-state index is 13.2. The monoisotopic (exact) mass is 314 g/mol. The van der Waals surface area contributed by atoms with Crippen LogP contribution in [0.15, 0.2) is 24.3 Å². The summed E-state index contributed by atoms with van der Waals surface area (Å²) in [5.41, 5.74) is 2.02. The van der Waals surface area contributed by atoms with Crippen molar-refractivity contribution in [2.75, 3.05) is 26.2 Å². The van der Waals surface area contributed by atoms with E-state index in [0.717, 1.165) is 62.8 Å². The zero-order chi connectivity index (χ0) is 16.4. The Morgan fingerprint density at radius 3 is 2.22 bits per heavy atom. The zero-order valence-electron chi connectivity index (χ0n) is 14.8. The molecule has 0 unspecified atom stereocenters. The highest BCUT2D eigenvalue weighted by Crippen LogP contribution is 2.31. The molecule has 0 aromatic heterocycles. The van der Waals surface area contributed by atoms with E-state index in [1.165, 1.54) is 5.56 Å². The fourth-order valence-electron chi connectivity index (χ4n) is 4.10. The van der Waals surface area contributed by atoms with Crippen LogP contribution >= 0.6 is 0 Å². The third-order valence-electron chi connectivity index (χ3n) is 5.93. The second-order valence-electron chi connectivity index (χ2n) is 7.72. The van der Waals surface area contributed by atoms with Gasteiger partial charge in [-0.05, 0) is 69.2 Å². The van der Waals surface area contributed by atoms with Crippen molar-refractivity contribution in [1.82, 2.24) is 10.2 Å². The van der Waals surface area contributed by atoms with Crippen molar-refractivity contribution in [3.63, 3.8) is 0 Å². The van der Waals surface area contributed by atoms with E-state index in [-0.39, 0.29) is 5.91 Å². The third kappa shape index (κ3) is 3.30. The van der Waals surface area contributed by atoms with Crippen LogP contribution in [0.2, 0.25) is 0 Å². The summed E-state index contributed by atoms with van der Waals surface area (Å²) < 4.78 is 0. The fraction of sp³-hybridized carbons (Fsp3) is 0.650. The fourth-order valence-corrected chi connectivity index (χ4v) is 4.10. The van der Waals surface area contributed by atoms with Gasteiger partial charge in [0, 0.05) is 13.1 Å². The van der Waals surface area contributed by atoms with E-state index in [0.29, 0.717) is 0 Å². The van der Waals surface area contributed by atoms with Crippen LogP contribution in [0, 0.1) is 11.8 Å². The van der Waals surface area contributed by atoms with Gasteiger partial charge in [-0.25, -0.2) is 0 Å². The predicted octanol–water partition coefficient (Wildman–Crippen LogP) is 2.98. The molecule has 23 heavy (non-hydrogen) atoms. The lowest BCUT2D eigenvalue weighted by Crippen LogP contribution is -2.44. The van der Waals surface area contributed by atoms with Gasteiger partial charge < -0.3 is 10.2 Å². The summed E-state index contributed by atoms with van der Waals surface area (Å²) in [5.74, 6) is 1.81. The first-order valence-corrected chi connectivity index (χ1v) is 9.12. The smallest absolute Gasteiger partial charge is 0.232 e. The summed E-state index contributed by atoms with van der Waals surface area (Å²) in [6.45, 7) is 10.4. The molecular weight excluding hydrogens is 284 g/mol. The average molecular weight is 314 g/mol. The van der Waals surface area contributed by atoms with Crippen LogP contribution in [0.5, 0.6) is 0 Å². The number of rotatable bonds is 3. The van der Waals surface area contributed by atoms with Gasteiger partial charge in [-0.15, -0.1) is 0 Å². The molecule has 2 aliphatic rings. The van der Waals surface area contributed by atoms with E-state index in [1.807, 2.05) is 0 Å². The van der Waals surface area contributed by atoms with E-state index in [2.05, 4.69) is 55.3 Å². The van der Waals surface area contributed by atoms with Crippen LogP contribution in [0.25, 0.3) is 0 Å². The molecule has 0 spiro atoms. The van der Waals surface area contributed by atoms with Crippen molar-refractivity contribution in [3.05, 3.63) is 35.4 Å². The molecule has 2 fully saturated rings. The summed E-state index contributed by atoms with van der Waals surface area (Å²) in [6, 6.07) is 8.58. The standard InChI is InChI=1S/C20H30N2O/c1-4-15-5-7-18(8-6-15)20(2,3)19(23)22-11-9-16-13-21-14-17(16)10-12-22/h5-8,16-17,21H,4,9-14H2,1-3H3/t16-,17+. The Kier molecular flexibility index (Phi) is 4.77. The molecule has 2 aliphatic heterocycles. The first kappa shape index (κ1) is 16.5. The third-order valence-corrected chi connectivity index (χ3v) is 5.93. The number of nitrogens with zero attached hydrogens (tertiary/aromatic N) is 1. The Labute approximate surface area is 140 Å². The van der Waals surface area contributed by atoms with E-state index in [1.54, 1.807) is 0 Å². The summed E-state index contributed by atoms with van der Waals surface area (Å²) in [7, 11) is 0. The van der Waals surface area contributed by atoms with Gasteiger partial charge in [-0.2, -0.15) is 0 Å². The van der Waals surface area contributed by atoms with Gasteiger partial charge >= 0.3 is 0 Å². The molecule has 2 atom stereocenters. The lowest BCUT2D eigenvalue weighted by molar-refractivity contribution is -0.136. The average Bonchev–Trinajstić information content (AvgIpc) is 2.93. The summed E-state index contributed by atoms with van der Waals surface area (Å²) in [6.07, 6.45) is 3.33. The maximum Gasteiger partial charge on any atom is 0.232 e. The van der Waals surface area contributed by atoms with Crippen LogP contribution in [0.3, 0.4) is 0 Å². The second-order valence-corrected chi connectivity index (χ2v) is 7.72. The van der Waals surface area contributed by atoms with Crippen LogP contribution in [-0.4, -0.2) is 37.0 Å². The molecule has 1 N–H and O–H groups in total. The van der Waals surface area contributed by atoms with Crippen molar-refractivity contribution in [1.29, 1.82) is 0 Å². The number of nitrogens with one attached hydrogen (secondary N) is 1. The highest BCUT2D eigenvalue weighted by atomic mass is 16.2. The maximum atomic E-state index is 13.2. The number of amides is 1. The molecule has 3 heteroatoms. The molecule has 0 saturated carbocycles. The quantitative estimate of drug-likeness (QED) is 0.930. The van der Waals surface area contributed by atoms with Gasteiger partial charge in [0.25, 0.3) is 0 Å². The number of carbonyl (C=O) groups is 1. The van der Waals surface area contributed by atoms with Crippen molar-refractivity contribution in [2.24, 2.45) is 11.8 Å². The largest absolute Gasteiger partial charge is 0.342 e. The summed E-state index contributed by atoms with van der Waals surface area (Å²) in [5, 5.41) is 3.50. The van der Waals surface area contributed by atoms with E-state index < -0.39 is 5.41 Å². The first-order valence-electron chi connectivity index (χ1n) is 9.12. The molecule has 2 heterocycles. The van der Waals surface area contributed by atoms with E-state index >= 15 is 0 Å². The minimum absolute atomic E-state index is 0.287. The predicted molar refractivity (Wildman–Crippen MR) is 94.5 cm³/mol. The second kappa shape index (κ2) is 6.64. The number of hydrogen-bond acceptors (Lipinski definition) is 2. The SMILES string of the molecule is CCc1ccc(C(C)(C)C(=O)N2CC[C@@H]3CNC[C@@H]3CC2)cc1. The van der Waals surface area contributed by atoms with Crippen LogP contribution in [0.4, 0.5) is 0 Å². The number of fused-ring (bicyclic) bond motifs is 1. The molecule has 126 valence electrons. The Hall–Kier alpha value is -1.35. The first-order chi connectivity index (χ1) is 11.0. The minimum atomic E-state index is -0.441. The molecule has 3 rings (SSSR count). The number of benzene rings is 1. The van der Waals surface area contributed by atoms with Crippen molar-refractivity contribution in [3.8, 4) is 0 Å². The van der Waals surface area contributed by atoms with Gasteiger partial charge in [0.05, 0.1) is 5.41 Å². The topological polar surface area (TPSA) is 32.3 Å². The van der Waals surface area contributed by atoms with Gasteiger partial charge in [0.15, 0.2) is 0 Å². The summed E-state index contributed by atoms with van der Waals surface area (Å²) >= 11 is 0. The Balaban J connectivity index is 1.72. The van der Waals surface area contributed by atoms with Crippen LogP contribution < -0.4 is 5.32 Å². The molecule has 0 bridgehead atoms. The van der Waals surface area contributed by atoms with Crippen molar-refractivity contribution >= 4 is 5.91 Å². The molecule has 2 saturated heterocycles. The lowest BCUT2D eigenvalue weighted by Gasteiger charge is -2.32. The Bertz CT molecular complexity index is 535. The van der Waals surface area contributed by atoms with Gasteiger partial charge in [0.1, 0.15) is 0 Å². The number of aryl methyl sites for hydroxylation is 1. The molecule has 0 aliphatic carbocycles. The number of hydrogen-bond donors (Lipinski definition) is 1. The molecule has 3 nitrogen and oxygen atoms in total. The minimum Gasteiger partial charge on any atom is -0.342 e. The molecular formula is C20H30N2O. The number of likely N-dealkylation sites (tertiary alicyclic amines) is 1. The highest BCUT2D eigenvalue weighted by Gasteiger charge is 2.37.